The average Bonchev–Trinajstić information content (AvgIpc) is 2.85. The van der Waals surface area contributed by atoms with Crippen LogP contribution in [0, 0.1) is 11.3 Å². The molecule has 1 aromatic rings. The van der Waals surface area contributed by atoms with E-state index in [0.717, 1.165) is 17.7 Å². The number of carboxylic acids is 1. The number of hydrogen-bond acceptors (Lipinski definition) is 3. The standard InChI is InChI=1S/C16H21NO4/c1-10(2)16(3,15(19)20)9-14(18)17-12-4-5-13-11(8-12)6-7-21-13/h4-5,8,10H,6-7,9H2,1-3H3,(H,17,18)(H,19,20). The van der Waals surface area contributed by atoms with Gasteiger partial charge in [-0.25, -0.2) is 0 Å². The van der Waals surface area contributed by atoms with Crippen LogP contribution < -0.4 is 10.1 Å². The predicted octanol–water partition coefficient (Wildman–Crippen LogP) is 2.70. The van der Waals surface area contributed by atoms with Crippen LogP contribution in [0.15, 0.2) is 18.2 Å². The molecule has 0 radical (unpaired) electrons. The summed E-state index contributed by atoms with van der Waals surface area (Å²) in [6.07, 6.45) is 0.783. The van der Waals surface area contributed by atoms with Gasteiger partial charge in [-0.05, 0) is 36.6 Å². The molecule has 2 rings (SSSR count). The number of benzene rings is 1. The lowest BCUT2D eigenvalue weighted by Crippen LogP contribution is -2.37. The van der Waals surface area contributed by atoms with Crippen molar-refractivity contribution in [3.05, 3.63) is 23.8 Å². The molecule has 21 heavy (non-hydrogen) atoms. The van der Waals surface area contributed by atoms with Crippen molar-refractivity contribution in [1.82, 2.24) is 0 Å². The zero-order valence-corrected chi connectivity index (χ0v) is 12.6. The topological polar surface area (TPSA) is 75.6 Å². The molecule has 1 unspecified atom stereocenters. The number of hydrogen-bond donors (Lipinski definition) is 2. The van der Waals surface area contributed by atoms with Gasteiger partial charge in [-0.15, -0.1) is 0 Å². The molecule has 0 saturated heterocycles. The van der Waals surface area contributed by atoms with Crippen LogP contribution in [-0.4, -0.2) is 23.6 Å². The van der Waals surface area contributed by atoms with Crippen molar-refractivity contribution in [2.45, 2.75) is 33.6 Å². The fourth-order valence-electron chi connectivity index (χ4n) is 2.33. The summed E-state index contributed by atoms with van der Waals surface area (Å²) in [7, 11) is 0. The highest BCUT2D eigenvalue weighted by molar-refractivity contribution is 5.94. The van der Waals surface area contributed by atoms with Crippen molar-refractivity contribution in [1.29, 1.82) is 0 Å². The SMILES string of the molecule is CC(C)C(C)(CC(=O)Nc1ccc2c(c1)CCO2)C(=O)O. The number of aliphatic carboxylic acids is 1. The molecule has 1 amide bonds. The van der Waals surface area contributed by atoms with Crippen LogP contribution >= 0.6 is 0 Å². The number of carbonyl (C=O) groups excluding carboxylic acids is 1. The highest BCUT2D eigenvalue weighted by atomic mass is 16.5. The molecule has 0 aliphatic carbocycles. The van der Waals surface area contributed by atoms with E-state index in [1.807, 2.05) is 26.0 Å². The third kappa shape index (κ3) is 3.17. The molecule has 114 valence electrons. The number of fused-ring (bicyclic) bond motifs is 1. The van der Waals surface area contributed by atoms with E-state index < -0.39 is 11.4 Å². The number of ether oxygens (including phenoxy) is 1. The zero-order chi connectivity index (χ0) is 15.6. The first-order valence-corrected chi connectivity index (χ1v) is 7.12. The Hall–Kier alpha value is -2.04. The maximum absolute atomic E-state index is 12.1. The van der Waals surface area contributed by atoms with E-state index in [4.69, 9.17) is 4.74 Å². The molecule has 1 aliphatic heterocycles. The van der Waals surface area contributed by atoms with Crippen LogP contribution in [0.25, 0.3) is 0 Å². The lowest BCUT2D eigenvalue weighted by atomic mass is 9.76. The first-order chi connectivity index (χ1) is 9.83. The molecule has 1 aliphatic rings. The second kappa shape index (κ2) is 5.76. The summed E-state index contributed by atoms with van der Waals surface area (Å²) in [6, 6.07) is 5.49. The second-order valence-corrected chi connectivity index (χ2v) is 6.02. The zero-order valence-electron chi connectivity index (χ0n) is 12.6. The molecule has 2 N–H and O–H groups in total. The lowest BCUT2D eigenvalue weighted by Gasteiger charge is -2.28. The van der Waals surface area contributed by atoms with E-state index >= 15 is 0 Å². The van der Waals surface area contributed by atoms with E-state index in [1.54, 1.807) is 13.0 Å². The molecular formula is C16H21NO4. The van der Waals surface area contributed by atoms with Crippen LogP contribution in [0.3, 0.4) is 0 Å². The van der Waals surface area contributed by atoms with Crippen LogP contribution in [0.1, 0.15) is 32.8 Å². The first kappa shape index (κ1) is 15.4. The van der Waals surface area contributed by atoms with E-state index in [-0.39, 0.29) is 18.2 Å². The second-order valence-electron chi connectivity index (χ2n) is 6.02. The summed E-state index contributed by atoms with van der Waals surface area (Å²) in [5.74, 6) is -0.512. The molecule has 5 nitrogen and oxygen atoms in total. The summed E-state index contributed by atoms with van der Waals surface area (Å²) < 4.78 is 5.41. The maximum Gasteiger partial charge on any atom is 0.310 e. The Labute approximate surface area is 124 Å². The molecule has 1 aromatic carbocycles. The van der Waals surface area contributed by atoms with Crippen molar-refractivity contribution in [3.63, 3.8) is 0 Å². The maximum atomic E-state index is 12.1. The minimum atomic E-state index is -1.07. The quantitative estimate of drug-likeness (QED) is 0.874. The Balaban J connectivity index is 2.06. The van der Waals surface area contributed by atoms with Crippen molar-refractivity contribution >= 4 is 17.6 Å². The van der Waals surface area contributed by atoms with Crippen LogP contribution in [0.5, 0.6) is 5.75 Å². The molecule has 0 aromatic heterocycles. The smallest absolute Gasteiger partial charge is 0.310 e. The van der Waals surface area contributed by atoms with Crippen molar-refractivity contribution in [2.24, 2.45) is 11.3 Å². The number of amides is 1. The number of carboxylic acid groups (broad SMARTS) is 1. The molecule has 0 bridgehead atoms. The first-order valence-electron chi connectivity index (χ1n) is 7.12. The number of rotatable bonds is 5. The van der Waals surface area contributed by atoms with Gasteiger partial charge in [0.05, 0.1) is 12.0 Å². The molecule has 0 saturated carbocycles. The van der Waals surface area contributed by atoms with E-state index in [9.17, 15) is 14.7 Å². The molecule has 1 heterocycles. The van der Waals surface area contributed by atoms with Gasteiger partial charge in [0.25, 0.3) is 0 Å². The predicted molar refractivity (Wildman–Crippen MR) is 79.5 cm³/mol. The van der Waals surface area contributed by atoms with Crippen LogP contribution in [0.2, 0.25) is 0 Å². The summed E-state index contributed by atoms with van der Waals surface area (Å²) in [5, 5.41) is 12.1. The van der Waals surface area contributed by atoms with Gasteiger partial charge in [0, 0.05) is 18.5 Å². The normalized spacial score (nSPS) is 16.0. The molecule has 0 spiro atoms. The van der Waals surface area contributed by atoms with E-state index in [1.165, 1.54) is 0 Å². The Morgan fingerprint density at radius 1 is 1.43 bits per heavy atom. The average molecular weight is 291 g/mol. The fourth-order valence-corrected chi connectivity index (χ4v) is 2.33. The minimum Gasteiger partial charge on any atom is -0.493 e. The van der Waals surface area contributed by atoms with Gasteiger partial charge in [0.1, 0.15) is 5.75 Å². The third-order valence-corrected chi connectivity index (χ3v) is 4.26. The molecule has 0 fully saturated rings. The van der Waals surface area contributed by atoms with Gasteiger partial charge in [0.2, 0.25) is 5.91 Å². The molecular weight excluding hydrogens is 270 g/mol. The Morgan fingerprint density at radius 2 is 2.14 bits per heavy atom. The monoisotopic (exact) mass is 291 g/mol. The highest BCUT2D eigenvalue weighted by Crippen LogP contribution is 2.32. The van der Waals surface area contributed by atoms with Gasteiger partial charge in [-0.1, -0.05) is 13.8 Å². The summed E-state index contributed by atoms with van der Waals surface area (Å²) in [5.41, 5.74) is 0.683. The van der Waals surface area contributed by atoms with Crippen LogP contribution in [-0.2, 0) is 16.0 Å². The number of carbonyl (C=O) groups is 2. The number of nitrogens with one attached hydrogen (secondary N) is 1. The van der Waals surface area contributed by atoms with Gasteiger partial charge >= 0.3 is 5.97 Å². The minimum absolute atomic E-state index is 0.0480. The Kier molecular flexibility index (Phi) is 4.21. The van der Waals surface area contributed by atoms with Crippen molar-refractivity contribution in [2.75, 3.05) is 11.9 Å². The lowest BCUT2D eigenvalue weighted by molar-refractivity contribution is -0.153. The summed E-state index contributed by atoms with van der Waals surface area (Å²) >= 11 is 0. The van der Waals surface area contributed by atoms with Crippen LogP contribution in [0.4, 0.5) is 5.69 Å². The van der Waals surface area contributed by atoms with Gasteiger partial charge < -0.3 is 15.2 Å². The Bertz CT molecular complexity index is 567. The molecule has 1 atom stereocenters. The van der Waals surface area contributed by atoms with E-state index in [2.05, 4.69) is 5.32 Å². The summed E-state index contributed by atoms with van der Waals surface area (Å²) in [6.45, 7) is 5.90. The summed E-state index contributed by atoms with van der Waals surface area (Å²) in [4.78, 5) is 23.5. The largest absolute Gasteiger partial charge is 0.493 e. The third-order valence-electron chi connectivity index (χ3n) is 4.26. The van der Waals surface area contributed by atoms with Gasteiger partial charge in [-0.3, -0.25) is 9.59 Å². The van der Waals surface area contributed by atoms with Crippen molar-refractivity contribution in [3.8, 4) is 5.75 Å². The Morgan fingerprint density at radius 3 is 2.76 bits per heavy atom. The van der Waals surface area contributed by atoms with Gasteiger partial charge in [0.15, 0.2) is 0 Å². The fraction of sp³-hybridized carbons (Fsp3) is 0.500. The van der Waals surface area contributed by atoms with Gasteiger partial charge in [-0.2, -0.15) is 0 Å². The van der Waals surface area contributed by atoms with E-state index in [0.29, 0.717) is 12.3 Å². The molecule has 5 heteroatoms. The van der Waals surface area contributed by atoms with Crippen molar-refractivity contribution < 1.29 is 19.4 Å². The number of anilines is 1. The highest BCUT2D eigenvalue weighted by Gasteiger charge is 2.38.